The number of amides is 1. The molecule has 1 aliphatic heterocycles. The van der Waals surface area contributed by atoms with Gasteiger partial charge in [0, 0.05) is 19.5 Å². The van der Waals surface area contributed by atoms with Gasteiger partial charge in [-0.15, -0.1) is 0 Å². The van der Waals surface area contributed by atoms with E-state index in [9.17, 15) is 9.59 Å². The summed E-state index contributed by atoms with van der Waals surface area (Å²) in [6.45, 7) is 4.85. The number of aliphatic hydroxyl groups excluding tert-OH is 2. The van der Waals surface area contributed by atoms with E-state index in [-0.39, 0.29) is 12.5 Å². The van der Waals surface area contributed by atoms with Gasteiger partial charge < -0.3 is 29.9 Å². The summed E-state index contributed by atoms with van der Waals surface area (Å²) in [5.74, 6) is -0.510. The number of hydrogen-bond acceptors (Lipinski definition) is 7. The Morgan fingerprint density at radius 1 is 1.00 bits per heavy atom. The highest BCUT2D eigenvalue weighted by Gasteiger charge is 2.19. The van der Waals surface area contributed by atoms with Crippen molar-refractivity contribution in [3.8, 4) is 0 Å². The van der Waals surface area contributed by atoms with Crippen LogP contribution in [-0.4, -0.2) is 78.8 Å². The van der Waals surface area contributed by atoms with Crippen LogP contribution in [0.25, 0.3) is 0 Å². The molecule has 0 spiro atoms. The molecule has 1 unspecified atom stereocenters. The van der Waals surface area contributed by atoms with E-state index in [4.69, 9.17) is 19.7 Å². The Balaban J connectivity index is 2.34. The van der Waals surface area contributed by atoms with Gasteiger partial charge in [0.1, 0.15) is 12.2 Å². The second-order valence-corrected chi connectivity index (χ2v) is 7.37. The van der Waals surface area contributed by atoms with Crippen LogP contribution in [0.1, 0.15) is 64.7 Å². The van der Waals surface area contributed by atoms with Crippen molar-refractivity contribution < 1.29 is 29.3 Å². The summed E-state index contributed by atoms with van der Waals surface area (Å²) < 4.78 is 10.5. The van der Waals surface area contributed by atoms with Gasteiger partial charge >= 0.3 is 12.1 Å². The second-order valence-electron chi connectivity index (χ2n) is 7.37. The lowest BCUT2D eigenvalue weighted by Crippen LogP contribution is -2.35. The summed E-state index contributed by atoms with van der Waals surface area (Å²) in [5, 5.41) is 20.8. The number of carbonyl (C=O) groups is 2. The summed E-state index contributed by atoms with van der Waals surface area (Å²) in [6.07, 6.45) is 6.14. The number of alkyl carbamates (subject to hydrolysis) is 1. The number of nitrogens with one attached hydrogen (secondary N) is 1. The van der Waals surface area contributed by atoms with E-state index in [0.29, 0.717) is 19.4 Å². The SMILES string of the molecule is CCCCCCC(CCC(=O)OC(CO)CO)OC(=O)NCCN1CCCC1. The van der Waals surface area contributed by atoms with Crippen molar-refractivity contribution in [2.45, 2.75) is 76.9 Å². The molecule has 1 rings (SSSR count). The molecule has 3 N–H and O–H groups in total. The number of aliphatic hydroxyl groups is 2. The summed E-state index contributed by atoms with van der Waals surface area (Å²) in [5.41, 5.74) is 0. The van der Waals surface area contributed by atoms with Gasteiger partial charge in [-0.1, -0.05) is 26.2 Å². The highest BCUT2D eigenvalue weighted by molar-refractivity contribution is 5.70. The van der Waals surface area contributed by atoms with Crippen molar-refractivity contribution in [3.05, 3.63) is 0 Å². The molecule has 0 aromatic heterocycles. The zero-order valence-corrected chi connectivity index (χ0v) is 17.2. The van der Waals surface area contributed by atoms with Crippen molar-refractivity contribution in [2.24, 2.45) is 0 Å². The predicted molar refractivity (Wildman–Crippen MR) is 106 cm³/mol. The number of carbonyl (C=O) groups excluding carboxylic acids is 2. The largest absolute Gasteiger partial charge is 0.457 e. The number of unbranched alkanes of at least 4 members (excludes halogenated alkanes) is 3. The highest BCUT2D eigenvalue weighted by atomic mass is 16.6. The molecule has 0 radical (unpaired) electrons. The molecular formula is C20H38N2O6. The minimum Gasteiger partial charge on any atom is -0.457 e. The van der Waals surface area contributed by atoms with E-state index in [0.717, 1.165) is 45.3 Å². The highest BCUT2D eigenvalue weighted by Crippen LogP contribution is 2.14. The number of rotatable bonds is 15. The maximum atomic E-state index is 12.1. The van der Waals surface area contributed by atoms with Crippen LogP contribution < -0.4 is 5.32 Å². The molecule has 0 aromatic rings. The third kappa shape index (κ3) is 11.5. The Labute approximate surface area is 168 Å². The van der Waals surface area contributed by atoms with Gasteiger partial charge in [0.05, 0.1) is 13.2 Å². The topological polar surface area (TPSA) is 108 Å². The molecule has 1 amide bonds. The smallest absolute Gasteiger partial charge is 0.407 e. The first kappa shape index (κ1) is 24.7. The molecule has 1 heterocycles. The Morgan fingerprint density at radius 3 is 2.36 bits per heavy atom. The summed E-state index contributed by atoms with van der Waals surface area (Å²) in [4.78, 5) is 26.3. The first-order valence-electron chi connectivity index (χ1n) is 10.7. The van der Waals surface area contributed by atoms with E-state index in [1.165, 1.54) is 12.8 Å². The number of nitrogens with zero attached hydrogens (tertiary/aromatic N) is 1. The van der Waals surface area contributed by atoms with E-state index in [2.05, 4.69) is 17.1 Å². The van der Waals surface area contributed by atoms with Gasteiger partial charge in [0.25, 0.3) is 0 Å². The number of ether oxygens (including phenoxy) is 2. The van der Waals surface area contributed by atoms with Crippen LogP contribution in [0.5, 0.6) is 0 Å². The molecule has 0 saturated carbocycles. The number of hydrogen-bond donors (Lipinski definition) is 3. The van der Waals surface area contributed by atoms with Gasteiger partial charge in [-0.05, 0) is 45.2 Å². The Hall–Kier alpha value is -1.38. The fourth-order valence-corrected chi connectivity index (χ4v) is 3.23. The first-order chi connectivity index (χ1) is 13.6. The molecule has 8 heteroatoms. The Bertz CT molecular complexity index is 425. The average Bonchev–Trinajstić information content (AvgIpc) is 3.20. The summed E-state index contributed by atoms with van der Waals surface area (Å²) in [7, 11) is 0. The van der Waals surface area contributed by atoms with Crippen molar-refractivity contribution in [3.63, 3.8) is 0 Å². The maximum Gasteiger partial charge on any atom is 0.407 e. The monoisotopic (exact) mass is 402 g/mol. The van der Waals surface area contributed by atoms with E-state index in [1.807, 2.05) is 0 Å². The molecule has 1 fully saturated rings. The molecule has 0 bridgehead atoms. The van der Waals surface area contributed by atoms with Crippen molar-refractivity contribution in [1.29, 1.82) is 0 Å². The number of esters is 1. The predicted octanol–water partition coefficient (Wildman–Crippen LogP) is 1.82. The molecule has 1 aliphatic rings. The van der Waals surface area contributed by atoms with Crippen molar-refractivity contribution >= 4 is 12.1 Å². The molecule has 1 atom stereocenters. The van der Waals surface area contributed by atoms with E-state index in [1.54, 1.807) is 0 Å². The van der Waals surface area contributed by atoms with Crippen LogP contribution in [-0.2, 0) is 14.3 Å². The van der Waals surface area contributed by atoms with Crippen LogP contribution in [0.4, 0.5) is 4.79 Å². The molecule has 8 nitrogen and oxygen atoms in total. The molecular weight excluding hydrogens is 364 g/mol. The van der Waals surface area contributed by atoms with Gasteiger partial charge in [0.15, 0.2) is 0 Å². The molecule has 0 aliphatic carbocycles. The van der Waals surface area contributed by atoms with Crippen LogP contribution in [0.15, 0.2) is 0 Å². The molecule has 164 valence electrons. The van der Waals surface area contributed by atoms with Gasteiger partial charge in [-0.25, -0.2) is 4.79 Å². The van der Waals surface area contributed by atoms with Gasteiger partial charge in [-0.2, -0.15) is 0 Å². The van der Waals surface area contributed by atoms with Gasteiger partial charge in [0.2, 0.25) is 0 Å². The normalized spacial score (nSPS) is 15.6. The second kappa shape index (κ2) is 15.5. The third-order valence-electron chi connectivity index (χ3n) is 4.93. The lowest BCUT2D eigenvalue weighted by molar-refractivity contribution is -0.154. The Kier molecular flexibility index (Phi) is 13.7. The summed E-state index contributed by atoms with van der Waals surface area (Å²) >= 11 is 0. The van der Waals surface area contributed by atoms with Crippen LogP contribution in [0, 0.1) is 0 Å². The first-order valence-corrected chi connectivity index (χ1v) is 10.7. The van der Waals surface area contributed by atoms with Crippen molar-refractivity contribution in [2.75, 3.05) is 39.4 Å². The number of likely N-dealkylation sites (tertiary alicyclic amines) is 1. The zero-order chi connectivity index (χ0) is 20.6. The lowest BCUT2D eigenvalue weighted by Gasteiger charge is -2.20. The molecule has 0 aromatic carbocycles. The quantitative estimate of drug-likeness (QED) is 0.283. The Morgan fingerprint density at radius 2 is 1.71 bits per heavy atom. The summed E-state index contributed by atoms with van der Waals surface area (Å²) in [6, 6.07) is 0. The minimum absolute atomic E-state index is 0.0794. The lowest BCUT2D eigenvalue weighted by atomic mass is 10.1. The van der Waals surface area contributed by atoms with Crippen molar-refractivity contribution in [1.82, 2.24) is 10.2 Å². The van der Waals surface area contributed by atoms with Gasteiger partial charge in [-0.3, -0.25) is 4.79 Å². The fourth-order valence-electron chi connectivity index (χ4n) is 3.23. The van der Waals surface area contributed by atoms with Crippen LogP contribution >= 0.6 is 0 Å². The minimum atomic E-state index is -0.898. The van der Waals surface area contributed by atoms with E-state index < -0.39 is 31.4 Å². The van der Waals surface area contributed by atoms with Crippen LogP contribution in [0.2, 0.25) is 0 Å². The standard InChI is InChI=1S/C20H38N2O6/c1-2-3-4-5-8-17(9-10-19(25)27-18(15-23)16-24)28-20(26)21-11-14-22-12-6-7-13-22/h17-18,23-24H,2-16H2,1H3,(H,21,26). The maximum absolute atomic E-state index is 12.1. The molecule has 28 heavy (non-hydrogen) atoms. The third-order valence-corrected chi connectivity index (χ3v) is 4.93. The zero-order valence-electron chi connectivity index (χ0n) is 17.2. The fraction of sp³-hybridized carbons (Fsp3) is 0.900. The van der Waals surface area contributed by atoms with Crippen LogP contribution in [0.3, 0.4) is 0 Å². The van der Waals surface area contributed by atoms with E-state index >= 15 is 0 Å². The molecule has 1 saturated heterocycles. The average molecular weight is 403 g/mol.